The SMILES string of the molecule is CC(c1nccs1)n1c(CCCl)nc2c(F)cc(F)cc21. The van der Waals surface area contributed by atoms with Crippen molar-refractivity contribution < 1.29 is 8.78 Å². The maximum absolute atomic E-state index is 13.9. The van der Waals surface area contributed by atoms with Crippen molar-refractivity contribution in [3.8, 4) is 0 Å². The van der Waals surface area contributed by atoms with Crippen LogP contribution in [0.2, 0.25) is 0 Å². The van der Waals surface area contributed by atoms with Crippen molar-refractivity contribution in [2.24, 2.45) is 0 Å². The molecule has 2 heterocycles. The highest BCUT2D eigenvalue weighted by Crippen LogP contribution is 2.29. The molecule has 0 aliphatic rings. The summed E-state index contributed by atoms with van der Waals surface area (Å²) in [6.45, 7) is 1.93. The molecule has 0 aliphatic carbocycles. The zero-order valence-corrected chi connectivity index (χ0v) is 12.8. The van der Waals surface area contributed by atoms with Gasteiger partial charge >= 0.3 is 0 Å². The molecule has 7 heteroatoms. The number of alkyl halides is 1. The third-order valence-electron chi connectivity index (χ3n) is 3.30. The summed E-state index contributed by atoms with van der Waals surface area (Å²) in [5, 5.41) is 2.72. The van der Waals surface area contributed by atoms with E-state index in [0.29, 0.717) is 23.6 Å². The van der Waals surface area contributed by atoms with Crippen LogP contribution in [-0.2, 0) is 6.42 Å². The average Bonchev–Trinajstić information content (AvgIpc) is 3.06. The van der Waals surface area contributed by atoms with Gasteiger partial charge < -0.3 is 4.57 Å². The number of rotatable bonds is 4. The van der Waals surface area contributed by atoms with Crippen molar-refractivity contribution in [2.45, 2.75) is 19.4 Å². The molecule has 0 amide bonds. The predicted molar refractivity (Wildman–Crippen MR) is 80.0 cm³/mol. The number of halogens is 3. The minimum atomic E-state index is -0.661. The molecule has 1 unspecified atom stereocenters. The lowest BCUT2D eigenvalue weighted by molar-refractivity contribution is 0.587. The van der Waals surface area contributed by atoms with Gasteiger partial charge in [0.2, 0.25) is 0 Å². The van der Waals surface area contributed by atoms with E-state index < -0.39 is 11.6 Å². The molecule has 0 saturated carbocycles. The molecular weight excluding hydrogens is 316 g/mol. The fourth-order valence-corrected chi connectivity index (χ4v) is 3.27. The third kappa shape index (κ3) is 2.53. The Morgan fingerprint density at radius 3 is 2.86 bits per heavy atom. The molecule has 0 fully saturated rings. The number of benzene rings is 1. The second kappa shape index (κ2) is 5.69. The zero-order chi connectivity index (χ0) is 15.0. The Hall–Kier alpha value is -1.53. The molecule has 0 N–H and O–H groups in total. The number of aromatic nitrogens is 3. The number of hydrogen-bond donors (Lipinski definition) is 0. The Morgan fingerprint density at radius 1 is 1.38 bits per heavy atom. The lowest BCUT2D eigenvalue weighted by atomic mass is 10.2. The van der Waals surface area contributed by atoms with E-state index in [9.17, 15) is 8.78 Å². The van der Waals surface area contributed by atoms with Crippen molar-refractivity contribution >= 4 is 34.0 Å². The van der Waals surface area contributed by atoms with Gasteiger partial charge in [0, 0.05) is 36.0 Å². The molecular formula is C14H12ClF2N3S. The number of aryl methyl sites for hydroxylation is 1. The van der Waals surface area contributed by atoms with Crippen LogP contribution in [0.5, 0.6) is 0 Å². The molecule has 0 spiro atoms. The van der Waals surface area contributed by atoms with Crippen molar-refractivity contribution in [3.63, 3.8) is 0 Å². The Bertz CT molecular complexity index is 770. The summed E-state index contributed by atoms with van der Waals surface area (Å²) in [7, 11) is 0. The van der Waals surface area contributed by atoms with Gasteiger partial charge in [-0.15, -0.1) is 22.9 Å². The average molecular weight is 328 g/mol. The Labute approximate surface area is 129 Å². The molecule has 3 rings (SSSR count). The highest BCUT2D eigenvalue weighted by atomic mass is 35.5. The second-order valence-corrected chi connectivity index (χ2v) is 5.94. The molecule has 0 aliphatic heterocycles. The highest BCUT2D eigenvalue weighted by Gasteiger charge is 2.21. The second-order valence-electron chi connectivity index (χ2n) is 4.64. The van der Waals surface area contributed by atoms with Crippen LogP contribution >= 0.6 is 22.9 Å². The molecule has 1 aromatic carbocycles. The summed E-state index contributed by atoms with van der Waals surface area (Å²) in [6.07, 6.45) is 2.19. The summed E-state index contributed by atoms with van der Waals surface area (Å²) in [5.41, 5.74) is 0.593. The van der Waals surface area contributed by atoms with Crippen LogP contribution in [-0.4, -0.2) is 20.4 Å². The highest BCUT2D eigenvalue weighted by molar-refractivity contribution is 7.09. The molecule has 110 valence electrons. The number of fused-ring (bicyclic) bond motifs is 1. The van der Waals surface area contributed by atoms with Crippen LogP contribution in [0, 0.1) is 11.6 Å². The van der Waals surface area contributed by atoms with Gasteiger partial charge in [0.1, 0.15) is 22.2 Å². The first-order valence-corrected chi connectivity index (χ1v) is 7.84. The predicted octanol–water partition coefficient (Wildman–Crippen LogP) is 4.16. The summed E-state index contributed by atoms with van der Waals surface area (Å²) in [6, 6.07) is 1.99. The van der Waals surface area contributed by atoms with E-state index in [1.807, 2.05) is 16.9 Å². The molecule has 0 radical (unpaired) electrons. The molecule has 3 nitrogen and oxygen atoms in total. The number of hydrogen-bond acceptors (Lipinski definition) is 3. The topological polar surface area (TPSA) is 30.7 Å². The van der Waals surface area contributed by atoms with Gasteiger partial charge in [-0.25, -0.2) is 18.7 Å². The smallest absolute Gasteiger partial charge is 0.153 e. The van der Waals surface area contributed by atoms with Crippen LogP contribution < -0.4 is 0 Å². The van der Waals surface area contributed by atoms with E-state index in [1.165, 1.54) is 17.4 Å². The van der Waals surface area contributed by atoms with Gasteiger partial charge in [-0.3, -0.25) is 0 Å². The first-order valence-electron chi connectivity index (χ1n) is 6.43. The molecule has 1 atom stereocenters. The quantitative estimate of drug-likeness (QED) is 0.674. The van der Waals surface area contributed by atoms with E-state index in [1.54, 1.807) is 6.20 Å². The lowest BCUT2D eigenvalue weighted by Gasteiger charge is -2.15. The minimum Gasteiger partial charge on any atom is -0.318 e. The van der Waals surface area contributed by atoms with Crippen LogP contribution in [0.4, 0.5) is 8.78 Å². The first-order chi connectivity index (χ1) is 10.1. The van der Waals surface area contributed by atoms with Crippen molar-refractivity contribution in [3.05, 3.63) is 46.2 Å². The third-order valence-corrected chi connectivity index (χ3v) is 4.44. The molecule has 0 bridgehead atoms. The fourth-order valence-electron chi connectivity index (χ4n) is 2.41. The summed E-state index contributed by atoms with van der Waals surface area (Å²) < 4.78 is 29.3. The van der Waals surface area contributed by atoms with Crippen LogP contribution in [0.15, 0.2) is 23.7 Å². The standard InChI is InChI=1S/C14H12ClF2N3S/c1-8(14-18-4-5-21-14)20-11-7-9(16)6-10(17)13(11)19-12(20)2-3-15/h4-8H,2-3H2,1H3. The minimum absolute atomic E-state index is 0.158. The summed E-state index contributed by atoms with van der Waals surface area (Å²) in [4.78, 5) is 8.56. The Balaban J connectivity index is 2.25. The van der Waals surface area contributed by atoms with Crippen LogP contribution in [0.25, 0.3) is 11.0 Å². The lowest BCUT2D eigenvalue weighted by Crippen LogP contribution is -2.11. The van der Waals surface area contributed by atoms with Gasteiger partial charge in [-0.1, -0.05) is 0 Å². The van der Waals surface area contributed by atoms with Crippen LogP contribution in [0.1, 0.15) is 23.8 Å². The summed E-state index contributed by atoms with van der Waals surface area (Å²) >= 11 is 7.29. The zero-order valence-electron chi connectivity index (χ0n) is 11.2. The van der Waals surface area contributed by atoms with E-state index in [2.05, 4.69) is 9.97 Å². The Kier molecular flexibility index (Phi) is 3.91. The number of nitrogens with zero attached hydrogens (tertiary/aromatic N) is 3. The number of thiazole rings is 1. The number of imidazole rings is 1. The van der Waals surface area contributed by atoms with Crippen molar-refractivity contribution in [2.75, 3.05) is 5.88 Å². The maximum atomic E-state index is 13.9. The molecule has 3 aromatic rings. The maximum Gasteiger partial charge on any atom is 0.153 e. The summed E-state index contributed by atoms with van der Waals surface area (Å²) in [5.74, 6) is -0.291. The van der Waals surface area contributed by atoms with Gasteiger partial charge in [0.15, 0.2) is 5.82 Å². The van der Waals surface area contributed by atoms with Crippen LogP contribution in [0.3, 0.4) is 0 Å². The van der Waals surface area contributed by atoms with E-state index >= 15 is 0 Å². The van der Waals surface area contributed by atoms with Gasteiger partial charge in [-0.05, 0) is 6.92 Å². The molecule has 0 saturated heterocycles. The van der Waals surface area contributed by atoms with Crippen molar-refractivity contribution in [1.29, 1.82) is 0 Å². The van der Waals surface area contributed by atoms with E-state index in [-0.39, 0.29) is 11.6 Å². The first kappa shape index (κ1) is 14.4. The van der Waals surface area contributed by atoms with E-state index in [0.717, 1.165) is 11.1 Å². The van der Waals surface area contributed by atoms with Crippen molar-refractivity contribution in [1.82, 2.24) is 14.5 Å². The van der Waals surface area contributed by atoms with E-state index in [4.69, 9.17) is 11.6 Å². The molecule has 2 aromatic heterocycles. The van der Waals surface area contributed by atoms with Gasteiger partial charge in [-0.2, -0.15) is 0 Å². The normalized spacial score (nSPS) is 13.0. The monoisotopic (exact) mass is 327 g/mol. The Morgan fingerprint density at radius 2 is 2.19 bits per heavy atom. The van der Waals surface area contributed by atoms with Gasteiger partial charge in [0.05, 0.1) is 11.6 Å². The largest absolute Gasteiger partial charge is 0.318 e. The molecule has 21 heavy (non-hydrogen) atoms. The fraction of sp³-hybridized carbons (Fsp3) is 0.286. The van der Waals surface area contributed by atoms with Gasteiger partial charge in [0.25, 0.3) is 0 Å².